The Hall–Kier alpha value is -2.90. The minimum absolute atomic E-state index is 0.0381. The average molecular weight is 459 g/mol. The van der Waals surface area contributed by atoms with E-state index >= 15 is 0 Å². The van der Waals surface area contributed by atoms with Gasteiger partial charge in [-0.15, -0.1) is 0 Å². The number of hydrogen-bond acceptors (Lipinski definition) is 5. The fourth-order valence-corrected chi connectivity index (χ4v) is 3.71. The number of thiocarbonyl (C=S) groups is 1. The van der Waals surface area contributed by atoms with Crippen LogP contribution in [0, 0.1) is 0 Å². The summed E-state index contributed by atoms with van der Waals surface area (Å²) >= 11 is 11.6. The maximum absolute atomic E-state index is 13.2. The summed E-state index contributed by atoms with van der Waals surface area (Å²) in [6.45, 7) is 6.56. The second-order valence-electron chi connectivity index (χ2n) is 6.67. The van der Waals surface area contributed by atoms with Gasteiger partial charge in [0.05, 0.1) is 23.9 Å². The van der Waals surface area contributed by atoms with Crippen LogP contribution in [0.15, 0.2) is 42.0 Å². The SMILES string of the molecule is CCOc1cc(/C=C2\C(=O)NC(=S)N(c3ccc(CC)cc3)C2=O)cc(Cl)c1OCC. The van der Waals surface area contributed by atoms with E-state index in [0.717, 1.165) is 12.0 Å². The zero-order valence-corrected chi connectivity index (χ0v) is 19.1. The summed E-state index contributed by atoms with van der Waals surface area (Å²) in [6.07, 6.45) is 2.35. The average Bonchev–Trinajstić information content (AvgIpc) is 2.74. The predicted octanol–water partition coefficient (Wildman–Crippen LogP) is 4.53. The summed E-state index contributed by atoms with van der Waals surface area (Å²) in [5, 5.41) is 2.95. The normalized spacial score (nSPS) is 15.3. The van der Waals surface area contributed by atoms with Gasteiger partial charge in [-0.2, -0.15) is 0 Å². The molecule has 0 unspecified atom stereocenters. The zero-order chi connectivity index (χ0) is 22.5. The molecule has 0 saturated carbocycles. The van der Waals surface area contributed by atoms with Crippen molar-refractivity contribution in [3.8, 4) is 11.5 Å². The number of carbonyl (C=O) groups is 2. The molecule has 2 aromatic rings. The second kappa shape index (κ2) is 9.94. The number of aryl methyl sites for hydroxylation is 1. The van der Waals surface area contributed by atoms with Gasteiger partial charge in [-0.1, -0.05) is 30.7 Å². The van der Waals surface area contributed by atoms with Crippen molar-refractivity contribution in [1.29, 1.82) is 0 Å². The Morgan fingerprint density at radius 2 is 1.74 bits per heavy atom. The number of hydrogen-bond donors (Lipinski definition) is 1. The number of amides is 2. The smallest absolute Gasteiger partial charge is 0.270 e. The molecule has 0 atom stereocenters. The van der Waals surface area contributed by atoms with Gasteiger partial charge in [0.25, 0.3) is 11.8 Å². The van der Waals surface area contributed by atoms with Crippen molar-refractivity contribution < 1.29 is 19.1 Å². The Morgan fingerprint density at radius 3 is 2.35 bits per heavy atom. The van der Waals surface area contributed by atoms with Gasteiger partial charge in [0, 0.05) is 0 Å². The van der Waals surface area contributed by atoms with E-state index in [1.54, 1.807) is 24.3 Å². The fraction of sp³-hybridized carbons (Fsp3) is 0.261. The standard InChI is InChI=1S/C23H23ClN2O4S/c1-4-14-7-9-16(10-8-14)26-22(28)17(21(27)25-23(26)31)11-15-12-18(24)20(30-6-3)19(13-15)29-5-2/h7-13H,4-6H2,1-3H3,(H,25,27,31)/b17-11+. The molecule has 1 aliphatic rings. The van der Waals surface area contributed by atoms with Crippen LogP contribution in [0.4, 0.5) is 5.69 Å². The first kappa shape index (κ1) is 22.8. The molecule has 162 valence electrons. The van der Waals surface area contributed by atoms with Gasteiger partial charge in [-0.25, -0.2) is 0 Å². The van der Waals surface area contributed by atoms with Gasteiger partial charge >= 0.3 is 0 Å². The first-order valence-corrected chi connectivity index (χ1v) is 10.8. The first-order chi connectivity index (χ1) is 14.9. The quantitative estimate of drug-likeness (QED) is 0.375. The Labute approximate surface area is 191 Å². The number of rotatable bonds is 7. The molecule has 3 rings (SSSR count). The zero-order valence-electron chi connectivity index (χ0n) is 17.5. The van der Waals surface area contributed by atoms with Crippen LogP contribution in [0.25, 0.3) is 6.08 Å². The van der Waals surface area contributed by atoms with Crippen LogP contribution in [-0.4, -0.2) is 30.1 Å². The van der Waals surface area contributed by atoms with E-state index in [-0.39, 0.29) is 10.7 Å². The molecule has 1 aliphatic heterocycles. The molecule has 31 heavy (non-hydrogen) atoms. The molecule has 6 nitrogen and oxygen atoms in total. The lowest BCUT2D eigenvalue weighted by Crippen LogP contribution is -2.54. The summed E-state index contributed by atoms with van der Waals surface area (Å²) in [7, 11) is 0. The molecule has 0 spiro atoms. The highest BCUT2D eigenvalue weighted by Crippen LogP contribution is 2.37. The van der Waals surface area contributed by atoms with Gasteiger partial charge in [-0.3, -0.25) is 19.8 Å². The van der Waals surface area contributed by atoms with Crippen molar-refractivity contribution >= 4 is 52.5 Å². The molecule has 0 bridgehead atoms. The highest BCUT2D eigenvalue weighted by Gasteiger charge is 2.34. The van der Waals surface area contributed by atoms with Gasteiger partial charge in [0.1, 0.15) is 5.57 Å². The number of halogens is 1. The van der Waals surface area contributed by atoms with Crippen LogP contribution >= 0.6 is 23.8 Å². The molecular weight excluding hydrogens is 436 g/mol. The molecule has 0 aromatic heterocycles. The predicted molar refractivity (Wildman–Crippen MR) is 126 cm³/mol. The molecule has 1 heterocycles. The van der Waals surface area contributed by atoms with Gasteiger partial charge < -0.3 is 9.47 Å². The van der Waals surface area contributed by atoms with Crippen molar-refractivity contribution in [2.24, 2.45) is 0 Å². The topological polar surface area (TPSA) is 67.9 Å². The molecule has 2 aromatic carbocycles. The highest BCUT2D eigenvalue weighted by atomic mass is 35.5. The minimum atomic E-state index is -0.570. The maximum atomic E-state index is 13.2. The summed E-state index contributed by atoms with van der Waals surface area (Å²) in [5.41, 5.74) is 2.18. The number of ether oxygens (including phenoxy) is 2. The van der Waals surface area contributed by atoms with E-state index in [4.69, 9.17) is 33.3 Å². The molecular formula is C23H23ClN2O4S. The van der Waals surface area contributed by atoms with Crippen molar-refractivity contribution in [2.45, 2.75) is 27.2 Å². The van der Waals surface area contributed by atoms with Crippen molar-refractivity contribution in [3.63, 3.8) is 0 Å². The third kappa shape index (κ3) is 4.89. The molecule has 1 saturated heterocycles. The maximum Gasteiger partial charge on any atom is 0.270 e. The van der Waals surface area contributed by atoms with E-state index in [0.29, 0.717) is 41.0 Å². The number of carbonyl (C=O) groups excluding carboxylic acids is 2. The van der Waals surface area contributed by atoms with E-state index in [1.165, 1.54) is 11.0 Å². The molecule has 1 fully saturated rings. The fourth-order valence-electron chi connectivity index (χ4n) is 3.16. The number of anilines is 1. The molecule has 2 amide bonds. The highest BCUT2D eigenvalue weighted by molar-refractivity contribution is 7.80. The van der Waals surface area contributed by atoms with Crippen LogP contribution in [0.5, 0.6) is 11.5 Å². The van der Waals surface area contributed by atoms with Gasteiger partial charge in [0.2, 0.25) is 0 Å². The first-order valence-electron chi connectivity index (χ1n) is 9.99. The van der Waals surface area contributed by atoms with E-state index in [2.05, 4.69) is 5.32 Å². The van der Waals surface area contributed by atoms with Crippen LogP contribution in [-0.2, 0) is 16.0 Å². The Balaban J connectivity index is 2.01. The number of benzene rings is 2. The van der Waals surface area contributed by atoms with Crippen molar-refractivity contribution in [3.05, 3.63) is 58.1 Å². The monoisotopic (exact) mass is 458 g/mol. The van der Waals surface area contributed by atoms with Crippen LogP contribution in [0.1, 0.15) is 31.9 Å². The van der Waals surface area contributed by atoms with Gasteiger partial charge in [0.15, 0.2) is 16.6 Å². The van der Waals surface area contributed by atoms with Crippen molar-refractivity contribution in [2.75, 3.05) is 18.1 Å². The number of nitrogens with one attached hydrogen (secondary N) is 1. The van der Waals surface area contributed by atoms with E-state index < -0.39 is 11.8 Å². The van der Waals surface area contributed by atoms with Crippen LogP contribution in [0.3, 0.4) is 0 Å². The lowest BCUT2D eigenvalue weighted by atomic mass is 10.1. The molecule has 1 N–H and O–H groups in total. The second-order valence-corrected chi connectivity index (χ2v) is 7.47. The Bertz CT molecular complexity index is 1050. The molecule has 0 radical (unpaired) electrons. The molecule has 0 aliphatic carbocycles. The lowest BCUT2D eigenvalue weighted by molar-refractivity contribution is -0.122. The summed E-state index contributed by atoms with van der Waals surface area (Å²) in [5.74, 6) is -0.221. The van der Waals surface area contributed by atoms with Crippen LogP contribution < -0.4 is 19.7 Å². The molecule has 8 heteroatoms. The number of nitrogens with zero attached hydrogens (tertiary/aromatic N) is 1. The minimum Gasteiger partial charge on any atom is -0.490 e. The van der Waals surface area contributed by atoms with Gasteiger partial charge in [-0.05, 0) is 74.0 Å². The van der Waals surface area contributed by atoms with E-state index in [9.17, 15) is 9.59 Å². The van der Waals surface area contributed by atoms with E-state index in [1.807, 2.05) is 32.9 Å². The summed E-state index contributed by atoms with van der Waals surface area (Å²) in [6, 6.07) is 10.8. The third-order valence-corrected chi connectivity index (χ3v) is 5.20. The Morgan fingerprint density at radius 1 is 1.06 bits per heavy atom. The third-order valence-electron chi connectivity index (χ3n) is 4.64. The van der Waals surface area contributed by atoms with Crippen molar-refractivity contribution in [1.82, 2.24) is 5.32 Å². The largest absolute Gasteiger partial charge is 0.490 e. The lowest BCUT2D eigenvalue weighted by Gasteiger charge is -2.29. The summed E-state index contributed by atoms with van der Waals surface area (Å²) in [4.78, 5) is 27.1. The Kier molecular flexibility index (Phi) is 7.30. The van der Waals surface area contributed by atoms with Crippen LogP contribution in [0.2, 0.25) is 5.02 Å². The summed E-state index contributed by atoms with van der Waals surface area (Å²) < 4.78 is 11.2.